The van der Waals surface area contributed by atoms with Gasteiger partial charge in [-0.2, -0.15) is 0 Å². The molecule has 3 aromatic rings. The largest absolute Gasteiger partial charge is 0.474 e. The van der Waals surface area contributed by atoms with Gasteiger partial charge in [0.05, 0.1) is 18.3 Å². The molecule has 10 nitrogen and oxygen atoms in total. The summed E-state index contributed by atoms with van der Waals surface area (Å²) >= 11 is 0. The highest BCUT2D eigenvalue weighted by atomic mass is 19.1. The monoisotopic (exact) mass is 511 g/mol. The van der Waals surface area contributed by atoms with Crippen LogP contribution in [0.5, 0.6) is 5.88 Å². The number of amides is 3. The number of nitrogens with two attached hydrogens (primary N) is 1. The number of urea groups is 1. The molecule has 194 valence electrons. The van der Waals surface area contributed by atoms with E-state index in [2.05, 4.69) is 25.9 Å². The third-order valence-corrected chi connectivity index (χ3v) is 6.78. The van der Waals surface area contributed by atoms with Gasteiger partial charge in [-0.25, -0.2) is 23.5 Å². The van der Waals surface area contributed by atoms with Gasteiger partial charge < -0.3 is 26.0 Å². The summed E-state index contributed by atoms with van der Waals surface area (Å²) in [6, 6.07) is 1.83. The molecule has 12 heteroatoms. The Bertz CT molecular complexity index is 1400. The highest BCUT2D eigenvalue weighted by molar-refractivity contribution is 6.00. The molecule has 1 aromatic carbocycles. The number of benzene rings is 1. The Hall–Kier alpha value is -4.22. The fourth-order valence-corrected chi connectivity index (χ4v) is 4.73. The molecule has 0 radical (unpaired) electrons. The van der Waals surface area contributed by atoms with Crippen molar-refractivity contribution in [2.24, 2.45) is 0 Å². The number of hydrogen-bond acceptors (Lipinski definition) is 7. The molecule has 37 heavy (non-hydrogen) atoms. The van der Waals surface area contributed by atoms with Crippen LogP contribution in [0.1, 0.15) is 18.9 Å². The quantitative estimate of drug-likeness (QED) is 0.397. The van der Waals surface area contributed by atoms with Crippen molar-refractivity contribution < 1.29 is 23.1 Å². The average molecular weight is 512 g/mol. The number of hydrogen-bond donors (Lipinski definition) is 4. The van der Waals surface area contributed by atoms with Crippen LogP contribution in [0.2, 0.25) is 0 Å². The summed E-state index contributed by atoms with van der Waals surface area (Å²) in [5.41, 5.74) is 8.33. The number of ether oxygens (including phenoxy) is 1. The molecule has 5 N–H and O–H groups in total. The van der Waals surface area contributed by atoms with E-state index in [0.29, 0.717) is 54.0 Å². The van der Waals surface area contributed by atoms with Crippen LogP contribution in [0.4, 0.5) is 30.8 Å². The third-order valence-electron chi connectivity index (χ3n) is 6.78. The molecular weight excluding hydrogens is 484 g/mol. The molecule has 5 rings (SSSR count). The number of alkyl halides is 1. The Morgan fingerprint density at radius 1 is 1.24 bits per heavy atom. The van der Waals surface area contributed by atoms with Crippen LogP contribution in [0.3, 0.4) is 0 Å². The Balaban J connectivity index is 1.39. The summed E-state index contributed by atoms with van der Waals surface area (Å²) in [5, 5.41) is 9.38. The topological polar surface area (TPSA) is 134 Å². The zero-order chi connectivity index (χ0) is 26.3. The Morgan fingerprint density at radius 3 is 2.81 bits per heavy atom. The molecule has 1 saturated heterocycles. The van der Waals surface area contributed by atoms with Crippen molar-refractivity contribution in [2.75, 3.05) is 42.6 Å². The van der Waals surface area contributed by atoms with Crippen molar-refractivity contribution in [3.63, 3.8) is 0 Å². The molecule has 0 spiro atoms. The number of pyridine rings is 2. The van der Waals surface area contributed by atoms with Gasteiger partial charge in [0.15, 0.2) is 5.82 Å². The molecule has 1 fully saturated rings. The van der Waals surface area contributed by atoms with Crippen molar-refractivity contribution in [3.8, 4) is 17.0 Å². The normalized spacial score (nSPS) is 19.0. The summed E-state index contributed by atoms with van der Waals surface area (Å²) in [5.74, 6) is -0.146. The van der Waals surface area contributed by atoms with Gasteiger partial charge in [0.25, 0.3) is 0 Å². The zero-order valence-corrected chi connectivity index (χ0v) is 20.4. The molecule has 2 aliphatic heterocycles. The molecule has 4 heterocycles. The summed E-state index contributed by atoms with van der Waals surface area (Å²) in [6.45, 7) is 4.64. The third kappa shape index (κ3) is 4.66. The van der Waals surface area contributed by atoms with Crippen LogP contribution < -0.4 is 26.4 Å². The second kappa shape index (κ2) is 9.68. The van der Waals surface area contributed by atoms with E-state index in [1.165, 1.54) is 18.0 Å². The van der Waals surface area contributed by atoms with E-state index in [1.807, 2.05) is 6.92 Å². The minimum Gasteiger partial charge on any atom is -0.474 e. The van der Waals surface area contributed by atoms with Crippen molar-refractivity contribution in [3.05, 3.63) is 35.9 Å². The lowest BCUT2D eigenvalue weighted by Gasteiger charge is -2.34. The lowest BCUT2D eigenvalue weighted by molar-refractivity contribution is -0.131. The predicted octanol–water partition coefficient (Wildman–Crippen LogP) is 3.21. The van der Waals surface area contributed by atoms with Crippen LogP contribution >= 0.6 is 0 Å². The molecule has 2 aromatic heterocycles. The number of halogens is 2. The fraction of sp³-hybridized carbons (Fsp3) is 0.360. The van der Waals surface area contributed by atoms with E-state index >= 15 is 4.39 Å². The molecule has 2 aliphatic rings. The van der Waals surface area contributed by atoms with E-state index in [4.69, 9.17) is 10.5 Å². The fourth-order valence-electron chi connectivity index (χ4n) is 4.73. The number of nitrogen functional groups attached to an aromatic ring is 1. The summed E-state index contributed by atoms with van der Waals surface area (Å²) in [6.07, 6.45) is 1.84. The highest BCUT2D eigenvalue weighted by Crippen LogP contribution is 2.39. The second-order valence-electron chi connectivity index (χ2n) is 9.17. The van der Waals surface area contributed by atoms with Gasteiger partial charge >= 0.3 is 6.03 Å². The van der Waals surface area contributed by atoms with Crippen molar-refractivity contribution in [1.29, 1.82) is 0 Å². The number of carbonyl (C=O) groups excluding carboxylic acids is 2. The number of carbonyl (C=O) groups is 2. The van der Waals surface area contributed by atoms with Crippen LogP contribution in [0, 0.1) is 12.7 Å². The molecule has 0 bridgehead atoms. The number of nitrogens with zero attached hydrogens (tertiary/aromatic N) is 3. The molecule has 2 atom stereocenters. The van der Waals surface area contributed by atoms with Gasteiger partial charge in [0.1, 0.15) is 24.3 Å². The second-order valence-corrected chi connectivity index (χ2v) is 9.17. The molecule has 3 amide bonds. The SMILES string of the molecule is CC(=O)N1CC[C@@H](NC(=O)Nc2cc3cc(-c4cnc5c(c4C)NCCO5)c(F)c(N)c3cn2)[C@@H](F)C1. The van der Waals surface area contributed by atoms with Gasteiger partial charge in [0, 0.05) is 48.9 Å². The molecular formula is C25H27F2N7O3. The summed E-state index contributed by atoms with van der Waals surface area (Å²) in [4.78, 5) is 33.9. The first-order valence-corrected chi connectivity index (χ1v) is 11.9. The lowest BCUT2D eigenvalue weighted by atomic mass is 9.97. The van der Waals surface area contributed by atoms with E-state index in [0.717, 1.165) is 5.56 Å². The highest BCUT2D eigenvalue weighted by Gasteiger charge is 2.31. The summed E-state index contributed by atoms with van der Waals surface area (Å²) < 4.78 is 35.4. The van der Waals surface area contributed by atoms with E-state index in [-0.39, 0.29) is 29.5 Å². The lowest BCUT2D eigenvalue weighted by Crippen LogP contribution is -2.54. The maximum absolute atomic E-state index is 15.3. The first-order chi connectivity index (χ1) is 17.7. The van der Waals surface area contributed by atoms with Crippen molar-refractivity contribution in [2.45, 2.75) is 32.5 Å². The van der Waals surface area contributed by atoms with Crippen molar-refractivity contribution in [1.82, 2.24) is 20.2 Å². The number of aromatic nitrogens is 2. The van der Waals surface area contributed by atoms with Crippen molar-refractivity contribution >= 4 is 39.9 Å². The van der Waals surface area contributed by atoms with Crippen LogP contribution in [-0.2, 0) is 4.79 Å². The van der Waals surface area contributed by atoms with Gasteiger partial charge in [-0.05, 0) is 36.4 Å². The van der Waals surface area contributed by atoms with Gasteiger partial charge in [-0.3, -0.25) is 10.1 Å². The van der Waals surface area contributed by atoms with Gasteiger partial charge in [0.2, 0.25) is 11.8 Å². The number of rotatable bonds is 3. The molecule has 0 saturated carbocycles. The first-order valence-electron chi connectivity index (χ1n) is 11.9. The van der Waals surface area contributed by atoms with E-state index in [1.54, 1.807) is 18.3 Å². The predicted molar refractivity (Wildman–Crippen MR) is 136 cm³/mol. The minimum atomic E-state index is -1.38. The Morgan fingerprint density at radius 2 is 2.05 bits per heavy atom. The standard InChI is InChI=1S/C25H27F2N7O3/c1-12-16(9-31-24-23(12)29-4-6-37-24)15-7-14-8-20(30-10-17(14)22(28)21(15)27)33-25(36)32-19-3-5-34(13(2)35)11-18(19)26/h7-10,18-19,29H,3-6,11,28H2,1-2H3,(H2,30,32,33,36)/t18-,19+/m0/s1. The zero-order valence-electron chi connectivity index (χ0n) is 20.4. The van der Waals surface area contributed by atoms with Crippen LogP contribution in [-0.4, -0.2) is 65.3 Å². The number of anilines is 3. The Labute approximate surface area is 211 Å². The van der Waals surface area contributed by atoms with Gasteiger partial charge in [-0.15, -0.1) is 0 Å². The number of nitrogens with one attached hydrogen (secondary N) is 3. The Kier molecular flexibility index (Phi) is 6.40. The van der Waals surface area contributed by atoms with E-state index in [9.17, 15) is 14.0 Å². The van der Waals surface area contributed by atoms with Crippen LogP contribution in [0.25, 0.3) is 21.9 Å². The minimum absolute atomic E-state index is 0.0687. The number of likely N-dealkylation sites (tertiary alicyclic amines) is 1. The van der Waals surface area contributed by atoms with Crippen LogP contribution in [0.15, 0.2) is 24.5 Å². The smallest absolute Gasteiger partial charge is 0.320 e. The number of fused-ring (bicyclic) bond motifs is 2. The average Bonchev–Trinajstić information content (AvgIpc) is 2.88. The van der Waals surface area contributed by atoms with Gasteiger partial charge in [-0.1, -0.05) is 0 Å². The maximum atomic E-state index is 15.3. The summed E-state index contributed by atoms with van der Waals surface area (Å²) in [7, 11) is 0. The van der Waals surface area contributed by atoms with E-state index < -0.39 is 24.1 Å². The molecule has 0 unspecified atom stereocenters. The maximum Gasteiger partial charge on any atom is 0.320 e. The first kappa shape index (κ1) is 24.5. The molecule has 0 aliphatic carbocycles. The number of piperidine rings is 1.